The van der Waals surface area contributed by atoms with E-state index < -0.39 is 0 Å². The lowest BCUT2D eigenvalue weighted by Crippen LogP contribution is -2.44. The van der Waals surface area contributed by atoms with Crippen molar-refractivity contribution in [2.24, 2.45) is 13.0 Å². The van der Waals surface area contributed by atoms with E-state index in [2.05, 4.69) is 47.7 Å². The van der Waals surface area contributed by atoms with Crippen LogP contribution in [0.15, 0.2) is 12.4 Å². The van der Waals surface area contributed by atoms with E-state index in [1.54, 1.807) is 0 Å². The number of nitrogens with zero attached hydrogens (tertiary/aromatic N) is 3. The van der Waals surface area contributed by atoms with Gasteiger partial charge in [-0.2, -0.15) is 0 Å². The van der Waals surface area contributed by atoms with E-state index in [9.17, 15) is 0 Å². The van der Waals surface area contributed by atoms with E-state index in [1.807, 2.05) is 12.4 Å². The quantitative estimate of drug-likeness (QED) is 0.798. The van der Waals surface area contributed by atoms with Gasteiger partial charge >= 0.3 is 0 Å². The van der Waals surface area contributed by atoms with Crippen molar-refractivity contribution < 1.29 is 0 Å². The van der Waals surface area contributed by atoms with Gasteiger partial charge in [0.15, 0.2) is 0 Å². The van der Waals surface area contributed by atoms with Crippen LogP contribution in [0, 0.1) is 5.92 Å². The summed E-state index contributed by atoms with van der Waals surface area (Å²) in [5.74, 6) is 1.79. The molecule has 0 radical (unpaired) electrons. The molecule has 1 atom stereocenters. The third-order valence-electron chi connectivity index (χ3n) is 3.84. The number of rotatable bonds is 7. The van der Waals surface area contributed by atoms with Crippen LogP contribution in [0.25, 0.3) is 0 Å². The van der Waals surface area contributed by atoms with E-state index in [4.69, 9.17) is 0 Å². The van der Waals surface area contributed by atoms with Crippen molar-refractivity contribution in [3.63, 3.8) is 0 Å². The molecule has 102 valence electrons. The second kappa shape index (κ2) is 5.85. The van der Waals surface area contributed by atoms with E-state index in [-0.39, 0.29) is 0 Å². The van der Waals surface area contributed by atoms with Gasteiger partial charge < -0.3 is 9.88 Å². The lowest BCUT2D eigenvalue weighted by molar-refractivity contribution is 0.174. The molecule has 0 aromatic carbocycles. The standard InChI is InChI=1S/C14H26N4/c1-11(2)13(9-16-12-5-6-12)18(4)10-14-15-7-8-17(14)3/h7-8,11-13,16H,5-6,9-10H2,1-4H3. The summed E-state index contributed by atoms with van der Waals surface area (Å²) in [5, 5.41) is 3.64. The van der Waals surface area contributed by atoms with Crippen molar-refractivity contribution in [1.29, 1.82) is 0 Å². The Labute approximate surface area is 110 Å². The highest BCUT2D eigenvalue weighted by atomic mass is 15.2. The van der Waals surface area contributed by atoms with Crippen molar-refractivity contribution in [1.82, 2.24) is 19.8 Å². The fraction of sp³-hybridized carbons (Fsp3) is 0.786. The molecule has 0 aliphatic heterocycles. The lowest BCUT2D eigenvalue weighted by Gasteiger charge is -2.31. The molecule has 1 unspecified atom stereocenters. The number of aryl methyl sites for hydroxylation is 1. The minimum absolute atomic E-state index is 0.572. The zero-order chi connectivity index (χ0) is 13.1. The minimum Gasteiger partial charge on any atom is -0.337 e. The van der Waals surface area contributed by atoms with Gasteiger partial charge in [0.2, 0.25) is 0 Å². The molecular weight excluding hydrogens is 224 g/mol. The zero-order valence-electron chi connectivity index (χ0n) is 12.1. The molecule has 1 aliphatic rings. The predicted molar refractivity (Wildman–Crippen MR) is 74.3 cm³/mol. The van der Waals surface area contributed by atoms with Crippen molar-refractivity contribution in [2.45, 2.75) is 45.3 Å². The molecule has 1 aromatic rings. The maximum atomic E-state index is 4.41. The van der Waals surface area contributed by atoms with Crippen molar-refractivity contribution in [2.75, 3.05) is 13.6 Å². The van der Waals surface area contributed by atoms with Crippen LogP contribution in [0.3, 0.4) is 0 Å². The number of aromatic nitrogens is 2. The Morgan fingerprint density at radius 2 is 2.22 bits per heavy atom. The molecule has 1 heterocycles. The van der Waals surface area contributed by atoms with Crippen molar-refractivity contribution in [3.8, 4) is 0 Å². The SMILES string of the molecule is CC(C)C(CNC1CC1)N(C)Cc1nccn1C. The number of hydrogen-bond acceptors (Lipinski definition) is 3. The number of nitrogens with one attached hydrogen (secondary N) is 1. The van der Waals surface area contributed by atoms with E-state index in [0.29, 0.717) is 12.0 Å². The van der Waals surface area contributed by atoms with Crippen LogP contribution in [0.1, 0.15) is 32.5 Å². The summed E-state index contributed by atoms with van der Waals surface area (Å²) in [6, 6.07) is 1.36. The van der Waals surface area contributed by atoms with Gasteiger partial charge in [0.05, 0.1) is 6.54 Å². The van der Waals surface area contributed by atoms with Gasteiger partial charge in [-0.25, -0.2) is 4.98 Å². The second-order valence-electron chi connectivity index (χ2n) is 5.86. The highest BCUT2D eigenvalue weighted by Gasteiger charge is 2.25. The van der Waals surface area contributed by atoms with Crippen molar-refractivity contribution >= 4 is 0 Å². The number of likely N-dealkylation sites (N-methyl/N-ethyl adjacent to an activating group) is 1. The Kier molecular flexibility index (Phi) is 4.40. The molecule has 1 N–H and O–H groups in total. The lowest BCUT2D eigenvalue weighted by atomic mass is 10.0. The number of hydrogen-bond donors (Lipinski definition) is 1. The zero-order valence-corrected chi connectivity index (χ0v) is 12.1. The molecular formula is C14H26N4. The largest absolute Gasteiger partial charge is 0.337 e. The Morgan fingerprint density at radius 3 is 2.72 bits per heavy atom. The Hall–Kier alpha value is -0.870. The third kappa shape index (κ3) is 3.56. The molecule has 1 fully saturated rings. The van der Waals surface area contributed by atoms with Crippen LogP contribution in [0.5, 0.6) is 0 Å². The second-order valence-corrected chi connectivity index (χ2v) is 5.86. The van der Waals surface area contributed by atoms with Gasteiger partial charge in [0, 0.05) is 38.1 Å². The summed E-state index contributed by atoms with van der Waals surface area (Å²) in [7, 11) is 4.26. The van der Waals surface area contributed by atoms with Crippen LogP contribution in [0.4, 0.5) is 0 Å². The third-order valence-corrected chi connectivity index (χ3v) is 3.84. The van der Waals surface area contributed by atoms with Gasteiger partial charge in [-0.1, -0.05) is 13.8 Å². The fourth-order valence-electron chi connectivity index (χ4n) is 2.36. The fourth-order valence-corrected chi connectivity index (χ4v) is 2.36. The molecule has 0 spiro atoms. The summed E-state index contributed by atoms with van der Waals surface area (Å²) in [6.45, 7) is 6.60. The van der Waals surface area contributed by atoms with E-state index >= 15 is 0 Å². The molecule has 4 heteroatoms. The smallest absolute Gasteiger partial charge is 0.122 e. The van der Waals surface area contributed by atoms with Crippen LogP contribution in [0.2, 0.25) is 0 Å². The molecule has 18 heavy (non-hydrogen) atoms. The molecule has 4 nitrogen and oxygen atoms in total. The maximum Gasteiger partial charge on any atom is 0.122 e. The van der Waals surface area contributed by atoms with Crippen LogP contribution in [-0.4, -0.2) is 40.1 Å². The minimum atomic E-state index is 0.572. The van der Waals surface area contributed by atoms with Crippen LogP contribution < -0.4 is 5.32 Å². The molecule has 0 bridgehead atoms. The first-order chi connectivity index (χ1) is 8.58. The molecule has 1 aliphatic carbocycles. The van der Waals surface area contributed by atoms with Crippen LogP contribution >= 0.6 is 0 Å². The van der Waals surface area contributed by atoms with Gasteiger partial charge in [0.25, 0.3) is 0 Å². The first-order valence-corrected chi connectivity index (χ1v) is 6.97. The highest BCUT2D eigenvalue weighted by Crippen LogP contribution is 2.20. The average Bonchev–Trinajstić information content (AvgIpc) is 3.04. The van der Waals surface area contributed by atoms with Crippen LogP contribution in [-0.2, 0) is 13.6 Å². The van der Waals surface area contributed by atoms with Gasteiger partial charge in [0.1, 0.15) is 5.82 Å². The normalized spacial score (nSPS) is 17.7. The highest BCUT2D eigenvalue weighted by molar-refractivity contribution is 4.92. The molecule has 2 rings (SSSR count). The van der Waals surface area contributed by atoms with Crippen molar-refractivity contribution in [3.05, 3.63) is 18.2 Å². The summed E-state index contributed by atoms with van der Waals surface area (Å²) in [4.78, 5) is 6.82. The topological polar surface area (TPSA) is 33.1 Å². The van der Waals surface area contributed by atoms with Gasteiger partial charge in [-0.05, 0) is 25.8 Å². The first-order valence-electron chi connectivity index (χ1n) is 6.97. The monoisotopic (exact) mass is 250 g/mol. The molecule has 0 saturated heterocycles. The Balaban J connectivity index is 1.89. The predicted octanol–water partition coefficient (Wildman–Crippen LogP) is 1.63. The molecule has 1 saturated carbocycles. The summed E-state index contributed by atoms with van der Waals surface area (Å²) < 4.78 is 2.10. The van der Waals surface area contributed by atoms with Gasteiger partial charge in [-0.3, -0.25) is 4.90 Å². The molecule has 0 amide bonds. The number of imidazole rings is 1. The molecule has 1 aromatic heterocycles. The maximum absolute atomic E-state index is 4.41. The summed E-state index contributed by atoms with van der Waals surface area (Å²) in [5.41, 5.74) is 0. The average molecular weight is 250 g/mol. The summed E-state index contributed by atoms with van der Waals surface area (Å²) in [6.07, 6.45) is 6.59. The first kappa shape index (κ1) is 13.6. The summed E-state index contributed by atoms with van der Waals surface area (Å²) >= 11 is 0. The van der Waals surface area contributed by atoms with Gasteiger partial charge in [-0.15, -0.1) is 0 Å². The van der Waals surface area contributed by atoms with E-state index in [0.717, 1.165) is 25.0 Å². The Morgan fingerprint density at radius 1 is 1.50 bits per heavy atom. The Bertz CT molecular complexity index is 368. The van der Waals surface area contributed by atoms with E-state index in [1.165, 1.54) is 12.8 Å².